The minimum absolute atomic E-state index is 0.241. The van der Waals surface area contributed by atoms with Crippen LogP contribution in [0, 0.1) is 2.88 Å². The number of benzene rings is 1. The molecule has 0 aliphatic carbocycles. The number of thiophene rings is 1. The van der Waals surface area contributed by atoms with Crippen LogP contribution in [0.5, 0.6) is 5.75 Å². The molecule has 0 amide bonds. The van der Waals surface area contributed by atoms with E-state index in [2.05, 4.69) is 64.5 Å². The summed E-state index contributed by atoms with van der Waals surface area (Å²) in [6, 6.07) is 10.8. The lowest BCUT2D eigenvalue weighted by Crippen LogP contribution is -2.21. The molecule has 0 aliphatic heterocycles. The van der Waals surface area contributed by atoms with Crippen LogP contribution >= 0.6 is 33.9 Å². The smallest absolute Gasteiger partial charge is 0.119 e. The van der Waals surface area contributed by atoms with Crippen molar-refractivity contribution in [3.8, 4) is 5.75 Å². The van der Waals surface area contributed by atoms with Gasteiger partial charge in [0.1, 0.15) is 5.75 Å². The van der Waals surface area contributed by atoms with E-state index in [1.165, 1.54) is 14.0 Å². The lowest BCUT2D eigenvalue weighted by Gasteiger charge is -2.18. The molecule has 0 bridgehead atoms. The maximum Gasteiger partial charge on any atom is 0.119 e. The Kier molecular flexibility index (Phi) is 5.66. The zero-order valence-electron chi connectivity index (χ0n) is 11.2. The molecule has 19 heavy (non-hydrogen) atoms. The third kappa shape index (κ3) is 3.94. The second-order valence-corrected chi connectivity index (χ2v) is 6.99. The van der Waals surface area contributed by atoms with Gasteiger partial charge in [0.25, 0.3) is 0 Å². The van der Waals surface area contributed by atoms with E-state index in [-0.39, 0.29) is 6.04 Å². The monoisotopic (exact) mass is 387 g/mol. The number of ether oxygens (including phenoxy) is 1. The van der Waals surface area contributed by atoms with E-state index in [9.17, 15) is 0 Å². The molecule has 2 aromatic rings. The molecule has 2 rings (SSSR count). The van der Waals surface area contributed by atoms with Gasteiger partial charge in [-0.2, -0.15) is 0 Å². The number of halogens is 1. The molecule has 1 aromatic heterocycles. The Balaban J connectivity index is 2.30. The van der Waals surface area contributed by atoms with Crippen molar-refractivity contribution in [2.24, 2.45) is 0 Å². The highest BCUT2D eigenvalue weighted by Crippen LogP contribution is 2.29. The first kappa shape index (κ1) is 14.8. The molecule has 2 nitrogen and oxygen atoms in total. The van der Waals surface area contributed by atoms with Crippen LogP contribution in [0.4, 0.5) is 0 Å². The Hall–Kier alpha value is -0.590. The van der Waals surface area contributed by atoms with Gasteiger partial charge in [0, 0.05) is 0 Å². The molecular formula is C15H18INOS. The molecule has 1 atom stereocenters. The highest BCUT2D eigenvalue weighted by molar-refractivity contribution is 14.1. The lowest BCUT2D eigenvalue weighted by atomic mass is 10.0. The Morgan fingerprint density at radius 3 is 2.74 bits per heavy atom. The largest absolute Gasteiger partial charge is 0.494 e. The Morgan fingerprint density at radius 1 is 1.26 bits per heavy atom. The minimum atomic E-state index is 0.241. The Morgan fingerprint density at radius 2 is 2.11 bits per heavy atom. The second kappa shape index (κ2) is 7.26. The molecule has 0 aliphatic rings. The SMILES string of the molecule is CCNC(c1cccc(OCC)c1)c1csc(I)c1. The first-order valence-corrected chi connectivity index (χ1v) is 8.40. The molecule has 0 radical (unpaired) electrons. The summed E-state index contributed by atoms with van der Waals surface area (Å²) >= 11 is 4.15. The van der Waals surface area contributed by atoms with E-state index in [4.69, 9.17) is 4.74 Å². The van der Waals surface area contributed by atoms with Gasteiger partial charge in [0.15, 0.2) is 0 Å². The quantitative estimate of drug-likeness (QED) is 0.740. The van der Waals surface area contributed by atoms with Crippen LogP contribution in [0.3, 0.4) is 0 Å². The van der Waals surface area contributed by atoms with E-state index in [1.54, 1.807) is 11.3 Å². The molecule has 1 unspecified atom stereocenters. The molecule has 0 spiro atoms. The highest BCUT2D eigenvalue weighted by Gasteiger charge is 2.15. The number of nitrogens with one attached hydrogen (secondary N) is 1. The van der Waals surface area contributed by atoms with Crippen molar-refractivity contribution in [3.63, 3.8) is 0 Å². The van der Waals surface area contributed by atoms with E-state index in [0.717, 1.165) is 12.3 Å². The van der Waals surface area contributed by atoms with Crippen LogP contribution in [-0.4, -0.2) is 13.2 Å². The van der Waals surface area contributed by atoms with Crippen molar-refractivity contribution >= 4 is 33.9 Å². The van der Waals surface area contributed by atoms with Crippen molar-refractivity contribution in [3.05, 3.63) is 49.7 Å². The molecule has 1 aromatic carbocycles. The second-order valence-electron chi connectivity index (χ2n) is 4.18. The van der Waals surface area contributed by atoms with Gasteiger partial charge in [-0.3, -0.25) is 0 Å². The van der Waals surface area contributed by atoms with Gasteiger partial charge < -0.3 is 10.1 Å². The van der Waals surface area contributed by atoms with Gasteiger partial charge in [-0.1, -0.05) is 19.1 Å². The van der Waals surface area contributed by atoms with Crippen molar-refractivity contribution in [1.82, 2.24) is 5.32 Å². The molecular weight excluding hydrogens is 369 g/mol. The van der Waals surface area contributed by atoms with Crippen LogP contribution in [0.15, 0.2) is 35.7 Å². The van der Waals surface area contributed by atoms with Crippen LogP contribution < -0.4 is 10.1 Å². The Bertz CT molecular complexity index is 526. The van der Waals surface area contributed by atoms with Gasteiger partial charge in [0.2, 0.25) is 0 Å². The zero-order chi connectivity index (χ0) is 13.7. The maximum atomic E-state index is 5.59. The summed E-state index contributed by atoms with van der Waals surface area (Å²) in [4.78, 5) is 0. The van der Waals surface area contributed by atoms with Gasteiger partial charge in [-0.25, -0.2) is 0 Å². The van der Waals surface area contributed by atoms with Crippen molar-refractivity contribution in [2.45, 2.75) is 19.9 Å². The molecule has 0 fully saturated rings. The highest BCUT2D eigenvalue weighted by atomic mass is 127. The fourth-order valence-corrected chi connectivity index (χ4v) is 3.46. The van der Waals surface area contributed by atoms with Crippen LogP contribution in [-0.2, 0) is 0 Å². The summed E-state index contributed by atoms with van der Waals surface area (Å²) in [7, 11) is 0. The summed E-state index contributed by atoms with van der Waals surface area (Å²) in [6.07, 6.45) is 0. The van der Waals surface area contributed by atoms with E-state index in [1.807, 2.05) is 13.0 Å². The van der Waals surface area contributed by atoms with Crippen molar-refractivity contribution < 1.29 is 4.74 Å². The first-order valence-electron chi connectivity index (χ1n) is 6.44. The van der Waals surface area contributed by atoms with Gasteiger partial charge in [-0.15, -0.1) is 11.3 Å². The number of rotatable bonds is 6. The lowest BCUT2D eigenvalue weighted by molar-refractivity contribution is 0.339. The fraction of sp³-hybridized carbons (Fsp3) is 0.333. The molecule has 0 saturated carbocycles. The predicted octanol–water partition coefficient (Wildman–Crippen LogP) is 4.45. The third-order valence-corrected chi connectivity index (χ3v) is 4.64. The summed E-state index contributed by atoms with van der Waals surface area (Å²) < 4.78 is 6.91. The third-order valence-electron chi connectivity index (χ3n) is 2.83. The summed E-state index contributed by atoms with van der Waals surface area (Å²) in [5.41, 5.74) is 2.58. The van der Waals surface area contributed by atoms with E-state index in [0.29, 0.717) is 6.61 Å². The first-order chi connectivity index (χ1) is 9.24. The molecule has 0 saturated heterocycles. The van der Waals surface area contributed by atoms with Crippen molar-refractivity contribution in [1.29, 1.82) is 0 Å². The standard InChI is InChI=1S/C15H18INOS/c1-3-17-15(12-9-14(16)19-10-12)11-6-5-7-13(8-11)18-4-2/h5-10,15,17H,3-4H2,1-2H3. The van der Waals surface area contributed by atoms with Gasteiger partial charge in [0.05, 0.1) is 15.5 Å². The molecule has 1 N–H and O–H groups in total. The minimum Gasteiger partial charge on any atom is -0.494 e. The zero-order valence-corrected chi connectivity index (χ0v) is 14.1. The van der Waals surface area contributed by atoms with Crippen molar-refractivity contribution in [2.75, 3.05) is 13.2 Å². The van der Waals surface area contributed by atoms with Crippen LogP contribution in [0.1, 0.15) is 31.0 Å². The van der Waals surface area contributed by atoms with Crippen LogP contribution in [0.25, 0.3) is 0 Å². The van der Waals surface area contributed by atoms with E-state index >= 15 is 0 Å². The summed E-state index contributed by atoms with van der Waals surface area (Å²) in [5, 5.41) is 5.77. The number of hydrogen-bond acceptors (Lipinski definition) is 3. The predicted molar refractivity (Wildman–Crippen MR) is 90.2 cm³/mol. The van der Waals surface area contributed by atoms with Crippen LogP contribution in [0.2, 0.25) is 0 Å². The van der Waals surface area contributed by atoms with Gasteiger partial charge in [-0.05, 0) is 70.8 Å². The molecule has 102 valence electrons. The summed E-state index contributed by atoms with van der Waals surface area (Å²) in [6.45, 7) is 5.79. The number of hydrogen-bond donors (Lipinski definition) is 1. The Labute approximate surface area is 132 Å². The normalized spacial score (nSPS) is 12.4. The molecule has 1 heterocycles. The summed E-state index contributed by atoms with van der Waals surface area (Å²) in [5.74, 6) is 0.938. The average molecular weight is 387 g/mol. The maximum absolute atomic E-state index is 5.59. The van der Waals surface area contributed by atoms with Gasteiger partial charge >= 0.3 is 0 Å². The van der Waals surface area contributed by atoms with E-state index < -0.39 is 0 Å². The topological polar surface area (TPSA) is 21.3 Å². The molecule has 4 heteroatoms. The average Bonchev–Trinajstić information content (AvgIpc) is 2.83. The fourth-order valence-electron chi connectivity index (χ4n) is 2.06.